The highest BCUT2D eigenvalue weighted by atomic mass is 35.5. The van der Waals surface area contributed by atoms with Crippen LogP contribution in [-0.2, 0) is 22.6 Å². The molecular formula is C19H24ClN3O2. The maximum atomic E-state index is 11.9. The lowest BCUT2D eigenvalue weighted by atomic mass is 10.1. The van der Waals surface area contributed by atoms with Crippen molar-refractivity contribution in [3.05, 3.63) is 71.8 Å². The molecule has 4 N–H and O–H groups in total. The van der Waals surface area contributed by atoms with Crippen molar-refractivity contribution >= 4 is 24.2 Å². The number of hydrogen-bond acceptors (Lipinski definition) is 3. The van der Waals surface area contributed by atoms with Gasteiger partial charge in [0.2, 0.25) is 11.8 Å². The number of rotatable bonds is 8. The van der Waals surface area contributed by atoms with Gasteiger partial charge in [0, 0.05) is 19.5 Å². The first-order valence-electron chi connectivity index (χ1n) is 8.03. The molecule has 0 saturated carbocycles. The smallest absolute Gasteiger partial charge is 0.237 e. The topological polar surface area (TPSA) is 84.2 Å². The summed E-state index contributed by atoms with van der Waals surface area (Å²) < 4.78 is 0. The van der Waals surface area contributed by atoms with Gasteiger partial charge in [-0.1, -0.05) is 60.7 Å². The molecule has 0 heterocycles. The molecular weight excluding hydrogens is 338 g/mol. The molecule has 0 aliphatic rings. The standard InChI is InChI=1S/C19H23N3O2.ClH/c20-17(13-15-7-3-1-4-8-15)19(24)21-12-11-18(23)22-14-16-9-5-2-6-10-16;/h1-10,17H,11-14,20H2,(H,21,24)(H,22,23);1H/t17-;/m0./s1. The van der Waals surface area contributed by atoms with E-state index in [-0.39, 0.29) is 37.2 Å². The van der Waals surface area contributed by atoms with Crippen LogP contribution in [0.15, 0.2) is 60.7 Å². The molecule has 0 fully saturated rings. The lowest BCUT2D eigenvalue weighted by molar-refractivity contribution is -0.123. The molecule has 2 aromatic rings. The van der Waals surface area contributed by atoms with Gasteiger partial charge in [0.25, 0.3) is 0 Å². The van der Waals surface area contributed by atoms with Gasteiger partial charge in [-0.05, 0) is 17.5 Å². The molecule has 5 nitrogen and oxygen atoms in total. The lowest BCUT2D eigenvalue weighted by Crippen LogP contribution is -2.43. The summed E-state index contributed by atoms with van der Waals surface area (Å²) in [4.78, 5) is 23.7. The number of amides is 2. The molecule has 134 valence electrons. The van der Waals surface area contributed by atoms with Crippen molar-refractivity contribution in [2.24, 2.45) is 5.73 Å². The second kappa shape index (κ2) is 11.2. The SMILES string of the molecule is Cl.N[C@@H](Cc1ccccc1)C(=O)NCCC(=O)NCc1ccccc1. The van der Waals surface area contributed by atoms with Crippen molar-refractivity contribution in [3.63, 3.8) is 0 Å². The minimum absolute atomic E-state index is 0. The van der Waals surface area contributed by atoms with Crippen LogP contribution in [0.1, 0.15) is 17.5 Å². The van der Waals surface area contributed by atoms with Crippen LogP contribution in [0.25, 0.3) is 0 Å². The first-order valence-corrected chi connectivity index (χ1v) is 8.03. The summed E-state index contributed by atoms with van der Waals surface area (Å²) >= 11 is 0. The Morgan fingerprint density at radius 3 is 2.04 bits per heavy atom. The Kier molecular flexibility index (Phi) is 9.29. The van der Waals surface area contributed by atoms with E-state index in [4.69, 9.17) is 5.73 Å². The van der Waals surface area contributed by atoms with Gasteiger partial charge >= 0.3 is 0 Å². The Morgan fingerprint density at radius 1 is 0.880 bits per heavy atom. The number of halogens is 1. The zero-order valence-corrected chi connectivity index (χ0v) is 14.8. The van der Waals surface area contributed by atoms with Crippen LogP contribution in [0.4, 0.5) is 0 Å². The second-order valence-electron chi connectivity index (χ2n) is 5.60. The monoisotopic (exact) mass is 361 g/mol. The van der Waals surface area contributed by atoms with E-state index >= 15 is 0 Å². The van der Waals surface area contributed by atoms with Crippen LogP contribution >= 0.6 is 12.4 Å². The van der Waals surface area contributed by atoms with Gasteiger partial charge in [-0.2, -0.15) is 0 Å². The first-order chi connectivity index (χ1) is 11.6. The largest absolute Gasteiger partial charge is 0.354 e. The van der Waals surface area contributed by atoms with Gasteiger partial charge in [-0.3, -0.25) is 9.59 Å². The molecule has 2 aromatic carbocycles. The molecule has 2 rings (SSSR count). The predicted molar refractivity (Wildman–Crippen MR) is 101 cm³/mol. The van der Waals surface area contributed by atoms with Gasteiger partial charge in [-0.15, -0.1) is 12.4 Å². The number of hydrogen-bond donors (Lipinski definition) is 3. The highest BCUT2D eigenvalue weighted by Crippen LogP contribution is 2.02. The Bertz CT molecular complexity index is 650. The molecule has 0 spiro atoms. The third-order valence-electron chi connectivity index (χ3n) is 3.62. The average molecular weight is 362 g/mol. The minimum atomic E-state index is -0.611. The summed E-state index contributed by atoms with van der Waals surface area (Å²) in [5.74, 6) is -0.342. The fourth-order valence-electron chi connectivity index (χ4n) is 2.28. The number of carbonyl (C=O) groups is 2. The van der Waals surface area contributed by atoms with Gasteiger partial charge in [0.1, 0.15) is 0 Å². The maximum Gasteiger partial charge on any atom is 0.237 e. The summed E-state index contributed by atoms with van der Waals surface area (Å²) in [6.07, 6.45) is 0.712. The summed E-state index contributed by atoms with van der Waals surface area (Å²) in [6, 6.07) is 18.7. The van der Waals surface area contributed by atoms with Crippen molar-refractivity contribution in [1.82, 2.24) is 10.6 Å². The predicted octanol–water partition coefficient (Wildman–Crippen LogP) is 1.80. The molecule has 2 amide bonds. The van der Waals surface area contributed by atoms with Crippen molar-refractivity contribution in [2.45, 2.75) is 25.4 Å². The second-order valence-corrected chi connectivity index (χ2v) is 5.60. The van der Waals surface area contributed by atoms with Crippen LogP contribution < -0.4 is 16.4 Å². The molecule has 0 bridgehead atoms. The van der Waals surface area contributed by atoms with Crippen LogP contribution in [0, 0.1) is 0 Å². The first kappa shape index (κ1) is 20.7. The number of nitrogens with one attached hydrogen (secondary N) is 2. The van der Waals surface area contributed by atoms with Crippen molar-refractivity contribution in [3.8, 4) is 0 Å². The molecule has 6 heteroatoms. The Labute approximate surface area is 154 Å². The number of benzene rings is 2. The summed E-state index contributed by atoms with van der Waals surface area (Å²) in [5.41, 5.74) is 7.94. The third-order valence-corrected chi connectivity index (χ3v) is 3.62. The van der Waals surface area contributed by atoms with Gasteiger partial charge in [0.15, 0.2) is 0 Å². The van der Waals surface area contributed by atoms with E-state index in [0.29, 0.717) is 13.0 Å². The summed E-state index contributed by atoms with van der Waals surface area (Å²) in [6.45, 7) is 0.767. The number of nitrogens with two attached hydrogens (primary N) is 1. The van der Waals surface area contributed by atoms with E-state index in [9.17, 15) is 9.59 Å². The van der Waals surface area contributed by atoms with Crippen molar-refractivity contribution < 1.29 is 9.59 Å². The Hall–Kier alpha value is -2.37. The molecule has 0 aliphatic carbocycles. The Balaban J connectivity index is 0.00000312. The summed E-state index contributed by atoms with van der Waals surface area (Å²) in [5, 5.41) is 5.53. The van der Waals surface area contributed by atoms with E-state index in [0.717, 1.165) is 11.1 Å². The van der Waals surface area contributed by atoms with E-state index in [1.807, 2.05) is 60.7 Å². The van der Waals surface area contributed by atoms with Gasteiger partial charge in [-0.25, -0.2) is 0 Å². The molecule has 0 saturated heterocycles. The molecule has 0 aromatic heterocycles. The van der Waals surface area contributed by atoms with Crippen LogP contribution in [0.5, 0.6) is 0 Å². The molecule has 0 unspecified atom stereocenters. The lowest BCUT2D eigenvalue weighted by Gasteiger charge is -2.12. The fourth-order valence-corrected chi connectivity index (χ4v) is 2.28. The highest BCUT2D eigenvalue weighted by Gasteiger charge is 2.13. The van der Waals surface area contributed by atoms with Gasteiger partial charge < -0.3 is 16.4 Å². The third kappa shape index (κ3) is 7.83. The highest BCUT2D eigenvalue weighted by molar-refractivity contribution is 5.85. The number of carbonyl (C=O) groups excluding carboxylic acids is 2. The van der Waals surface area contributed by atoms with Crippen molar-refractivity contribution in [2.75, 3.05) is 6.54 Å². The van der Waals surface area contributed by atoms with E-state index in [2.05, 4.69) is 10.6 Å². The van der Waals surface area contributed by atoms with Crippen LogP contribution in [0.2, 0.25) is 0 Å². The molecule has 1 atom stereocenters. The van der Waals surface area contributed by atoms with E-state index in [1.165, 1.54) is 0 Å². The normalized spacial score (nSPS) is 11.1. The van der Waals surface area contributed by atoms with E-state index < -0.39 is 6.04 Å². The zero-order valence-electron chi connectivity index (χ0n) is 14.0. The maximum absolute atomic E-state index is 11.9. The molecule has 0 radical (unpaired) electrons. The average Bonchev–Trinajstić information content (AvgIpc) is 2.61. The van der Waals surface area contributed by atoms with E-state index in [1.54, 1.807) is 0 Å². The van der Waals surface area contributed by atoms with Crippen molar-refractivity contribution in [1.29, 1.82) is 0 Å². The molecule has 0 aliphatic heterocycles. The molecule has 25 heavy (non-hydrogen) atoms. The van der Waals surface area contributed by atoms with Crippen LogP contribution in [-0.4, -0.2) is 24.4 Å². The Morgan fingerprint density at radius 2 is 1.44 bits per heavy atom. The van der Waals surface area contributed by atoms with Crippen LogP contribution in [0.3, 0.4) is 0 Å². The summed E-state index contributed by atoms with van der Waals surface area (Å²) in [7, 11) is 0. The fraction of sp³-hybridized carbons (Fsp3) is 0.263. The minimum Gasteiger partial charge on any atom is -0.354 e. The van der Waals surface area contributed by atoms with Gasteiger partial charge in [0.05, 0.1) is 6.04 Å². The zero-order chi connectivity index (χ0) is 17.2. The quantitative estimate of drug-likeness (QED) is 0.670.